The number of aryl methyl sites for hydroxylation is 2. The van der Waals surface area contributed by atoms with Crippen LogP contribution in [-0.4, -0.2) is 32.4 Å². The summed E-state index contributed by atoms with van der Waals surface area (Å²) in [7, 11) is 0. The first-order valence-electron chi connectivity index (χ1n) is 7.98. The molecule has 0 spiro atoms. The third kappa shape index (κ3) is 3.52. The lowest BCUT2D eigenvalue weighted by atomic mass is 10.1. The van der Waals surface area contributed by atoms with Gasteiger partial charge in [-0.3, -0.25) is 9.20 Å². The number of pyridine rings is 1. The number of carboxylic acids is 1. The van der Waals surface area contributed by atoms with E-state index in [0.29, 0.717) is 17.0 Å². The molecule has 0 fully saturated rings. The zero-order chi connectivity index (χ0) is 18.0. The van der Waals surface area contributed by atoms with Gasteiger partial charge in [-0.05, 0) is 37.1 Å². The number of carbonyl (C=O) groups is 2. The number of benzene rings is 1. The van der Waals surface area contributed by atoms with Gasteiger partial charge in [-0.15, -0.1) is 0 Å². The van der Waals surface area contributed by atoms with Crippen molar-refractivity contribution in [2.75, 3.05) is 0 Å². The fourth-order valence-corrected chi connectivity index (χ4v) is 2.81. The molecule has 6 heteroatoms. The molecule has 2 aromatic heterocycles. The predicted octanol–water partition coefficient (Wildman–Crippen LogP) is 2.38. The molecule has 2 N–H and O–H groups in total. The smallest absolute Gasteiger partial charge is 0.326 e. The van der Waals surface area contributed by atoms with E-state index in [2.05, 4.69) is 10.3 Å². The molecule has 0 aliphatic rings. The standard InChI is InChI=1S/C19H19N3O3/c1-12-8-9-22-16(10-12)20-13(2)17(22)18(23)21-15(19(24)25)11-14-6-4-3-5-7-14/h3-10,15H,11H2,1-2H3,(H,21,23)(H,24,25). The molecule has 0 aliphatic heterocycles. The molecule has 128 valence electrons. The first kappa shape index (κ1) is 16.7. The molecule has 0 bridgehead atoms. The van der Waals surface area contributed by atoms with Gasteiger partial charge in [-0.2, -0.15) is 0 Å². The molecule has 3 rings (SSSR count). The average Bonchev–Trinajstić information content (AvgIpc) is 2.89. The van der Waals surface area contributed by atoms with E-state index in [-0.39, 0.29) is 6.42 Å². The van der Waals surface area contributed by atoms with Crippen molar-refractivity contribution in [2.24, 2.45) is 0 Å². The Morgan fingerprint density at radius 3 is 2.60 bits per heavy atom. The van der Waals surface area contributed by atoms with E-state index in [1.54, 1.807) is 17.5 Å². The maximum absolute atomic E-state index is 12.7. The van der Waals surface area contributed by atoms with Crippen molar-refractivity contribution in [2.45, 2.75) is 26.3 Å². The average molecular weight is 337 g/mol. The van der Waals surface area contributed by atoms with Gasteiger partial charge in [-0.25, -0.2) is 9.78 Å². The lowest BCUT2D eigenvalue weighted by Gasteiger charge is -2.15. The van der Waals surface area contributed by atoms with Gasteiger partial charge in [0, 0.05) is 12.6 Å². The predicted molar refractivity (Wildman–Crippen MR) is 93.7 cm³/mol. The summed E-state index contributed by atoms with van der Waals surface area (Å²) in [6, 6.07) is 12.0. The van der Waals surface area contributed by atoms with Gasteiger partial charge in [0.05, 0.1) is 5.69 Å². The lowest BCUT2D eigenvalue weighted by Crippen LogP contribution is -2.42. The summed E-state index contributed by atoms with van der Waals surface area (Å²) >= 11 is 0. The van der Waals surface area contributed by atoms with Crippen LogP contribution >= 0.6 is 0 Å². The second kappa shape index (κ2) is 6.76. The molecule has 3 aromatic rings. The van der Waals surface area contributed by atoms with E-state index >= 15 is 0 Å². The Bertz CT molecular complexity index is 932. The van der Waals surface area contributed by atoms with Gasteiger partial charge in [0.25, 0.3) is 5.91 Å². The molecule has 0 saturated carbocycles. The second-order valence-corrected chi connectivity index (χ2v) is 6.03. The van der Waals surface area contributed by atoms with E-state index in [0.717, 1.165) is 11.1 Å². The number of carboxylic acid groups (broad SMARTS) is 1. The molecule has 0 saturated heterocycles. The van der Waals surface area contributed by atoms with Crippen LogP contribution in [0.2, 0.25) is 0 Å². The quantitative estimate of drug-likeness (QED) is 0.749. The number of hydrogen-bond donors (Lipinski definition) is 2. The SMILES string of the molecule is Cc1ccn2c(C(=O)NC(Cc3ccccc3)C(=O)O)c(C)nc2c1. The summed E-state index contributed by atoms with van der Waals surface area (Å²) in [5, 5.41) is 12.1. The maximum atomic E-state index is 12.7. The molecule has 1 amide bonds. The van der Waals surface area contributed by atoms with Crippen LogP contribution in [0.4, 0.5) is 0 Å². The van der Waals surface area contributed by atoms with Gasteiger partial charge >= 0.3 is 5.97 Å². The molecule has 2 heterocycles. The van der Waals surface area contributed by atoms with Gasteiger partial charge in [0.15, 0.2) is 0 Å². The summed E-state index contributed by atoms with van der Waals surface area (Å²) in [4.78, 5) is 28.6. The largest absolute Gasteiger partial charge is 0.480 e. The van der Waals surface area contributed by atoms with Crippen molar-refractivity contribution in [1.29, 1.82) is 0 Å². The Morgan fingerprint density at radius 1 is 1.20 bits per heavy atom. The number of nitrogens with zero attached hydrogens (tertiary/aromatic N) is 2. The molecular weight excluding hydrogens is 318 g/mol. The summed E-state index contributed by atoms with van der Waals surface area (Å²) in [5.74, 6) is -1.52. The number of aliphatic carboxylic acids is 1. The van der Waals surface area contributed by atoms with E-state index in [4.69, 9.17) is 0 Å². The van der Waals surface area contributed by atoms with Crippen molar-refractivity contribution < 1.29 is 14.7 Å². The minimum Gasteiger partial charge on any atom is -0.480 e. The van der Waals surface area contributed by atoms with Crippen molar-refractivity contribution in [1.82, 2.24) is 14.7 Å². The lowest BCUT2D eigenvalue weighted by molar-refractivity contribution is -0.139. The number of imidazole rings is 1. The molecule has 1 unspecified atom stereocenters. The number of aromatic nitrogens is 2. The van der Waals surface area contributed by atoms with Crippen LogP contribution in [0.1, 0.15) is 27.3 Å². The highest BCUT2D eigenvalue weighted by molar-refractivity contribution is 5.97. The van der Waals surface area contributed by atoms with Gasteiger partial charge in [-0.1, -0.05) is 30.3 Å². The highest BCUT2D eigenvalue weighted by atomic mass is 16.4. The van der Waals surface area contributed by atoms with Crippen LogP contribution in [0.15, 0.2) is 48.7 Å². The molecular formula is C19H19N3O3. The molecule has 1 aromatic carbocycles. The zero-order valence-electron chi connectivity index (χ0n) is 14.1. The van der Waals surface area contributed by atoms with Crippen molar-refractivity contribution in [3.63, 3.8) is 0 Å². The maximum Gasteiger partial charge on any atom is 0.326 e. The molecule has 25 heavy (non-hydrogen) atoms. The Morgan fingerprint density at radius 2 is 1.92 bits per heavy atom. The Kier molecular flexibility index (Phi) is 4.52. The molecule has 0 radical (unpaired) electrons. The van der Waals surface area contributed by atoms with Crippen LogP contribution < -0.4 is 5.32 Å². The highest BCUT2D eigenvalue weighted by Crippen LogP contribution is 2.14. The number of carbonyl (C=O) groups excluding carboxylic acids is 1. The highest BCUT2D eigenvalue weighted by Gasteiger charge is 2.24. The van der Waals surface area contributed by atoms with E-state index in [9.17, 15) is 14.7 Å². The third-order valence-corrected chi connectivity index (χ3v) is 4.06. The Labute approximate surface area is 145 Å². The topological polar surface area (TPSA) is 83.7 Å². The monoisotopic (exact) mass is 337 g/mol. The van der Waals surface area contributed by atoms with E-state index < -0.39 is 17.9 Å². The zero-order valence-corrected chi connectivity index (χ0v) is 14.1. The minimum atomic E-state index is -1.07. The molecule has 0 aliphatic carbocycles. The fraction of sp³-hybridized carbons (Fsp3) is 0.211. The van der Waals surface area contributed by atoms with Crippen molar-refractivity contribution in [3.05, 3.63) is 71.2 Å². The number of rotatable bonds is 5. The van der Waals surface area contributed by atoms with Crippen LogP contribution in [0.25, 0.3) is 5.65 Å². The number of amides is 1. The minimum absolute atomic E-state index is 0.219. The van der Waals surface area contributed by atoms with Crippen molar-refractivity contribution >= 4 is 17.5 Å². The van der Waals surface area contributed by atoms with E-state index in [1.807, 2.05) is 49.4 Å². The first-order valence-corrected chi connectivity index (χ1v) is 7.98. The number of nitrogens with one attached hydrogen (secondary N) is 1. The van der Waals surface area contributed by atoms with Gasteiger partial charge in [0.2, 0.25) is 0 Å². The molecule has 1 atom stereocenters. The summed E-state index contributed by atoms with van der Waals surface area (Å²) in [6.07, 6.45) is 1.99. The summed E-state index contributed by atoms with van der Waals surface area (Å²) < 4.78 is 1.68. The van der Waals surface area contributed by atoms with Crippen LogP contribution in [0.5, 0.6) is 0 Å². The van der Waals surface area contributed by atoms with Gasteiger partial charge < -0.3 is 10.4 Å². The Balaban J connectivity index is 1.87. The normalized spacial score (nSPS) is 12.1. The van der Waals surface area contributed by atoms with Gasteiger partial charge in [0.1, 0.15) is 17.4 Å². The number of fused-ring (bicyclic) bond motifs is 1. The third-order valence-electron chi connectivity index (χ3n) is 4.06. The summed E-state index contributed by atoms with van der Waals surface area (Å²) in [6.45, 7) is 3.69. The van der Waals surface area contributed by atoms with Crippen LogP contribution in [0.3, 0.4) is 0 Å². The van der Waals surface area contributed by atoms with Crippen molar-refractivity contribution in [3.8, 4) is 0 Å². The molecule has 6 nitrogen and oxygen atoms in total. The number of hydrogen-bond acceptors (Lipinski definition) is 3. The van der Waals surface area contributed by atoms with Crippen LogP contribution in [-0.2, 0) is 11.2 Å². The Hall–Kier alpha value is -3.15. The summed E-state index contributed by atoms with van der Waals surface area (Å²) in [5.41, 5.74) is 3.47. The second-order valence-electron chi connectivity index (χ2n) is 6.03. The van der Waals surface area contributed by atoms with E-state index in [1.165, 1.54) is 0 Å². The first-order chi connectivity index (χ1) is 12.0. The van der Waals surface area contributed by atoms with Crippen LogP contribution in [0, 0.1) is 13.8 Å². The fourth-order valence-electron chi connectivity index (χ4n) is 2.81.